The minimum Gasteiger partial charge on any atom is -0.294 e. The average Bonchev–Trinajstić information content (AvgIpc) is 2.83. The summed E-state index contributed by atoms with van der Waals surface area (Å²) in [5, 5.41) is 17.7. The van der Waals surface area contributed by atoms with Gasteiger partial charge in [-0.3, -0.25) is 9.89 Å². The van der Waals surface area contributed by atoms with E-state index in [0.29, 0.717) is 11.5 Å². The molecule has 0 radical (unpaired) electrons. The van der Waals surface area contributed by atoms with Crippen LogP contribution >= 0.6 is 0 Å². The maximum absolute atomic E-state index is 11.7. The first-order valence-corrected chi connectivity index (χ1v) is 4.87. The summed E-state index contributed by atoms with van der Waals surface area (Å²) in [7, 11) is 0. The third kappa shape index (κ3) is 1.40. The number of nitrogens with one attached hydrogen (secondary N) is 1. The number of aromatic amines is 1. The number of aryl methyl sites for hydroxylation is 2. The lowest BCUT2D eigenvalue weighted by Crippen LogP contribution is -2.18. The molecule has 0 aromatic carbocycles. The quantitative estimate of drug-likeness (QED) is 0.577. The van der Waals surface area contributed by atoms with Crippen LogP contribution in [0.3, 0.4) is 0 Å². The molecule has 0 unspecified atom stereocenters. The second kappa shape index (κ2) is 3.20. The fourth-order valence-corrected chi connectivity index (χ4v) is 1.55. The molecule has 3 aromatic heterocycles. The Bertz CT molecular complexity index is 750. The van der Waals surface area contributed by atoms with Crippen molar-refractivity contribution in [3.63, 3.8) is 0 Å². The molecule has 3 aromatic rings. The first kappa shape index (κ1) is 9.63. The van der Waals surface area contributed by atoms with E-state index in [0.717, 1.165) is 5.69 Å². The SMILES string of the molecule is Cc1cc(=O)n(-c2nc3nnnn3nc2C)[nH]1. The smallest absolute Gasteiger partial charge is 0.293 e. The maximum atomic E-state index is 11.7. The van der Waals surface area contributed by atoms with Crippen molar-refractivity contribution in [1.82, 2.24) is 40.0 Å². The van der Waals surface area contributed by atoms with Gasteiger partial charge in [-0.2, -0.15) is 9.67 Å². The largest absolute Gasteiger partial charge is 0.294 e. The van der Waals surface area contributed by atoms with Gasteiger partial charge in [0.25, 0.3) is 11.3 Å². The molecule has 86 valence electrons. The molecule has 9 nitrogen and oxygen atoms in total. The van der Waals surface area contributed by atoms with Crippen molar-refractivity contribution in [2.24, 2.45) is 0 Å². The van der Waals surface area contributed by atoms with Crippen LogP contribution in [0.15, 0.2) is 10.9 Å². The minimum atomic E-state index is -0.197. The van der Waals surface area contributed by atoms with Gasteiger partial charge >= 0.3 is 0 Å². The summed E-state index contributed by atoms with van der Waals surface area (Å²) in [5.74, 6) is 0.634. The van der Waals surface area contributed by atoms with E-state index in [1.54, 1.807) is 13.8 Å². The van der Waals surface area contributed by atoms with E-state index < -0.39 is 0 Å². The highest BCUT2D eigenvalue weighted by molar-refractivity contribution is 5.33. The van der Waals surface area contributed by atoms with Crippen LogP contribution in [0.5, 0.6) is 0 Å². The monoisotopic (exact) mass is 232 g/mol. The number of hydrogen-bond donors (Lipinski definition) is 1. The highest BCUT2D eigenvalue weighted by Crippen LogP contribution is 2.05. The standard InChI is InChI=1S/C8H8N8O/c1-4-3-6(17)15(11-4)7-5(2)12-16-8(9-7)10-13-14-16/h3,11H,1-2H3. The molecular weight excluding hydrogens is 224 g/mol. The zero-order chi connectivity index (χ0) is 12.0. The van der Waals surface area contributed by atoms with Gasteiger partial charge < -0.3 is 0 Å². The number of nitrogens with zero attached hydrogens (tertiary/aromatic N) is 7. The topological polar surface area (TPSA) is 107 Å². The Morgan fingerprint density at radius 1 is 1.35 bits per heavy atom. The Hall–Kier alpha value is -2.58. The van der Waals surface area contributed by atoms with Crippen molar-refractivity contribution in [2.75, 3.05) is 0 Å². The summed E-state index contributed by atoms with van der Waals surface area (Å²) < 4.78 is 2.52. The number of rotatable bonds is 1. The predicted octanol–water partition coefficient (Wildman–Crippen LogP) is -0.990. The predicted molar refractivity (Wildman–Crippen MR) is 55.8 cm³/mol. The van der Waals surface area contributed by atoms with Crippen LogP contribution in [0.4, 0.5) is 0 Å². The van der Waals surface area contributed by atoms with Crippen LogP contribution in [-0.4, -0.2) is 40.0 Å². The summed E-state index contributed by atoms with van der Waals surface area (Å²) >= 11 is 0. The van der Waals surface area contributed by atoms with Gasteiger partial charge in [0, 0.05) is 11.8 Å². The molecule has 3 heterocycles. The van der Waals surface area contributed by atoms with Crippen LogP contribution in [0, 0.1) is 13.8 Å². The van der Waals surface area contributed by atoms with E-state index in [1.807, 2.05) is 0 Å². The molecule has 0 aliphatic carbocycles. The highest BCUT2D eigenvalue weighted by atomic mass is 16.1. The minimum absolute atomic E-state index is 0.197. The van der Waals surface area contributed by atoms with Gasteiger partial charge in [-0.1, -0.05) is 9.73 Å². The second-order valence-electron chi connectivity index (χ2n) is 3.60. The van der Waals surface area contributed by atoms with Gasteiger partial charge in [0.2, 0.25) is 0 Å². The molecule has 0 atom stereocenters. The lowest BCUT2D eigenvalue weighted by Gasteiger charge is -2.03. The van der Waals surface area contributed by atoms with Crippen LogP contribution < -0.4 is 5.56 Å². The summed E-state index contributed by atoms with van der Waals surface area (Å²) in [6.45, 7) is 3.52. The average molecular weight is 232 g/mol. The molecule has 0 aliphatic rings. The third-order valence-corrected chi connectivity index (χ3v) is 2.27. The van der Waals surface area contributed by atoms with Crippen molar-refractivity contribution in [2.45, 2.75) is 13.8 Å². The molecule has 3 rings (SSSR count). The third-order valence-electron chi connectivity index (χ3n) is 2.27. The first-order valence-electron chi connectivity index (χ1n) is 4.87. The van der Waals surface area contributed by atoms with E-state index in [2.05, 4.69) is 30.7 Å². The Kier molecular flexibility index (Phi) is 1.82. The Morgan fingerprint density at radius 2 is 2.18 bits per heavy atom. The molecule has 1 N–H and O–H groups in total. The fraction of sp³-hybridized carbons (Fsp3) is 0.250. The lowest BCUT2D eigenvalue weighted by atomic mass is 10.5. The lowest BCUT2D eigenvalue weighted by molar-refractivity contribution is 0.693. The van der Waals surface area contributed by atoms with E-state index in [9.17, 15) is 4.79 Å². The molecule has 9 heteroatoms. The highest BCUT2D eigenvalue weighted by Gasteiger charge is 2.11. The molecule has 0 aliphatic heterocycles. The van der Waals surface area contributed by atoms with Crippen molar-refractivity contribution < 1.29 is 0 Å². The van der Waals surface area contributed by atoms with E-state index >= 15 is 0 Å². The van der Waals surface area contributed by atoms with E-state index in [4.69, 9.17) is 0 Å². The molecule has 0 saturated heterocycles. The van der Waals surface area contributed by atoms with Gasteiger partial charge in [0.15, 0.2) is 5.82 Å². The zero-order valence-corrected chi connectivity index (χ0v) is 9.12. The van der Waals surface area contributed by atoms with Crippen LogP contribution in [0.1, 0.15) is 11.4 Å². The van der Waals surface area contributed by atoms with Crippen LogP contribution in [-0.2, 0) is 0 Å². The normalized spacial score (nSPS) is 11.2. The first-order chi connectivity index (χ1) is 8.15. The zero-order valence-electron chi connectivity index (χ0n) is 9.12. The van der Waals surface area contributed by atoms with Gasteiger partial charge in [-0.15, -0.1) is 5.10 Å². The van der Waals surface area contributed by atoms with Crippen molar-refractivity contribution >= 4 is 5.78 Å². The van der Waals surface area contributed by atoms with Gasteiger partial charge in [-0.25, -0.2) is 0 Å². The summed E-state index contributed by atoms with van der Waals surface area (Å²) in [6.07, 6.45) is 0. The van der Waals surface area contributed by atoms with Crippen molar-refractivity contribution in [3.05, 3.63) is 27.8 Å². The fourth-order valence-electron chi connectivity index (χ4n) is 1.55. The second-order valence-corrected chi connectivity index (χ2v) is 3.60. The molecule has 0 amide bonds. The number of tetrazole rings is 1. The number of aromatic nitrogens is 8. The Balaban J connectivity index is 2.32. The van der Waals surface area contributed by atoms with Gasteiger partial charge in [0.1, 0.15) is 5.69 Å². The molecular formula is C8H8N8O. The summed E-state index contributed by atoms with van der Waals surface area (Å²) in [6, 6.07) is 1.48. The molecule has 0 spiro atoms. The Morgan fingerprint density at radius 3 is 2.88 bits per heavy atom. The molecule has 0 bridgehead atoms. The van der Waals surface area contributed by atoms with Crippen molar-refractivity contribution in [1.29, 1.82) is 0 Å². The van der Waals surface area contributed by atoms with Crippen molar-refractivity contribution in [3.8, 4) is 5.82 Å². The number of H-pyrrole nitrogens is 1. The molecule has 17 heavy (non-hydrogen) atoms. The van der Waals surface area contributed by atoms with Gasteiger partial charge in [-0.05, 0) is 24.3 Å². The van der Waals surface area contributed by atoms with Crippen LogP contribution in [0.2, 0.25) is 0 Å². The van der Waals surface area contributed by atoms with E-state index in [1.165, 1.54) is 15.4 Å². The molecule has 0 fully saturated rings. The summed E-state index contributed by atoms with van der Waals surface area (Å²) in [4.78, 5) is 15.8. The van der Waals surface area contributed by atoms with Gasteiger partial charge in [0.05, 0.1) is 0 Å². The maximum Gasteiger partial charge on any atom is 0.293 e. The van der Waals surface area contributed by atoms with Crippen LogP contribution in [0.25, 0.3) is 11.6 Å². The summed E-state index contributed by atoms with van der Waals surface area (Å²) in [5.41, 5.74) is 1.10. The Labute approximate surface area is 94.1 Å². The molecule has 0 saturated carbocycles. The van der Waals surface area contributed by atoms with E-state index in [-0.39, 0.29) is 11.3 Å². The number of fused-ring (bicyclic) bond motifs is 1. The number of hydrogen-bond acceptors (Lipinski definition) is 6.